The van der Waals surface area contributed by atoms with Crippen LogP contribution >= 0.6 is 0 Å². The highest BCUT2D eigenvalue weighted by Crippen LogP contribution is 2.45. The summed E-state index contributed by atoms with van der Waals surface area (Å²) >= 11 is 0. The van der Waals surface area contributed by atoms with Crippen LogP contribution in [-0.2, 0) is 4.79 Å². The molecule has 154 valence electrons. The fourth-order valence-corrected chi connectivity index (χ4v) is 5.28. The van der Waals surface area contributed by atoms with Crippen LogP contribution in [0, 0.1) is 25.7 Å². The molecule has 5 rings (SSSR count). The van der Waals surface area contributed by atoms with Crippen molar-refractivity contribution >= 4 is 17.5 Å². The zero-order valence-corrected chi connectivity index (χ0v) is 17.6. The van der Waals surface area contributed by atoms with Crippen LogP contribution in [0.5, 0.6) is 0 Å². The maximum atomic E-state index is 13.5. The highest BCUT2D eigenvalue weighted by Gasteiger charge is 2.49. The van der Waals surface area contributed by atoms with Gasteiger partial charge in [0.2, 0.25) is 5.91 Å². The van der Waals surface area contributed by atoms with Gasteiger partial charge in [-0.25, -0.2) is 4.98 Å². The van der Waals surface area contributed by atoms with E-state index in [1.54, 1.807) is 6.92 Å². The van der Waals surface area contributed by atoms with Gasteiger partial charge in [-0.3, -0.25) is 14.0 Å². The van der Waals surface area contributed by atoms with Gasteiger partial charge in [-0.05, 0) is 37.1 Å². The summed E-state index contributed by atoms with van der Waals surface area (Å²) in [6.07, 6.45) is 1.93. The third-order valence-corrected chi connectivity index (χ3v) is 6.66. The first-order chi connectivity index (χ1) is 14.4. The quantitative estimate of drug-likeness (QED) is 0.661. The third-order valence-electron chi connectivity index (χ3n) is 6.66. The van der Waals surface area contributed by atoms with Crippen molar-refractivity contribution in [1.29, 1.82) is 0 Å². The number of likely N-dealkylation sites (tertiary alicyclic amines) is 2. The topological polar surface area (TPSA) is 57.9 Å². The van der Waals surface area contributed by atoms with Gasteiger partial charge >= 0.3 is 0 Å². The average Bonchev–Trinajstić information content (AvgIpc) is 3.37. The number of carbonyl (C=O) groups excluding carboxylic acids is 2. The lowest BCUT2D eigenvalue weighted by Gasteiger charge is -2.29. The van der Waals surface area contributed by atoms with E-state index in [1.807, 2.05) is 64.6 Å². The molecule has 0 aliphatic carbocycles. The Labute approximate surface area is 176 Å². The summed E-state index contributed by atoms with van der Waals surface area (Å²) in [5.41, 5.74) is 4.48. The maximum absolute atomic E-state index is 13.5. The Morgan fingerprint density at radius 1 is 1.03 bits per heavy atom. The first kappa shape index (κ1) is 18.9. The lowest BCUT2D eigenvalue weighted by Crippen LogP contribution is -2.37. The number of hydrogen-bond donors (Lipinski definition) is 0. The van der Waals surface area contributed by atoms with Gasteiger partial charge in [0, 0.05) is 44.6 Å². The molecule has 0 unspecified atom stereocenters. The zero-order valence-electron chi connectivity index (χ0n) is 17.6. The van der Waals surface area contributed by atoms with E-state index in [9.17, 15) is 9.59 Å². The molecule has 4 heterocycles. The molecule has 3 atom stereocenters. The van der Waals surface area contributed by atoms with Crippen LogP contribution in [-0.4, -0.2) is 50.6 Å². The summed E-state index contributed by atoms with van der Waals surface area (Å²) in [5.74, 6) is 0.676. The molecule has 0 bridgehead atoms. The average molecular weight is 402 g/mol. The lowest BCUT2D eigenvalue weighted by atomic mass is 9.89. The molecule has 0 radical (unpaired) electrons. The van der Waals surface area contributed by atoms with Crippen molar-refractivity contribution in [2.24, 2.45) is 11.8 Å². The van der Waals surface area contributed by atoms with Crippen molar-refractivity contribution in [3.8, 4) is 0 Å². The van der Waals surface area contributed by atoms with Gasteiger partial charge < -0.3 is 9.80 Å². The molecule has 2 aromatic heterocycles. The van der Waals surface area contributed by atoms with E-state index in [-0.39, 0.29) is 23.8 Å². The van der Waals surface area contributed by atoms with Crippen LogP contribution in [0.1, 0.15) is 40.3 Å². The van der Waals surface area contributed by atoms with Crippen LogP contribution in [0.2, 0.25) is 0 Å². The molecule has 2 aliphatic rings. The Bertz CT molecular complexity index is 1140. The third kappa shape index (κ3) is 2.90. The van der Waals surface area contributed by atoms with Crippen LogP contribution in [0.4, 0.5) is 0 Å². The van der Waals surface area contributed by atoms with Crippen LogP contribution < -0.4 is 0 Å². The van der Waals surface area contributed by atoms with Gasteiger partial charge in [-0.15, -0.1) is 0 Å². The molecule has 2 amide bonds. The standard InChI is InChI=1S/C24H26N4O2/c1-15-9-10-27-21(11-15)25-16(2)22(27)24(30)26-12-19-13-28(17(3)29)23(20(19)14-26)18-7-5-4-6-8-18/h4-11,19-20,23H,12-14H2,1-3H3/t19-,20-,23-/m1/s1. The van der Waals surface area contributed by atoms with E-state index >= 15 is 0 Å². The van der Waals surface area contributed by atoms with E-state index in [1.165, 1.54) is 0 Å². The summed E-state index contributed by atoms with van der Waals surface area (Å²) < 4.78 is 1.90. The van der Waals surface area contributed by atoms with Gasteiger partial charge in [0.05, 0.1) is 11.7 Å². The molecule has 30 heavy (non-hydrogen) atoms. The number of pyridine rings is 1. The van der Waals surface area contributed by atoms with Gasteiger partial charge in [0.25, 0.3) is 5.91 Å². The van der Waals surface area contributed by atoms with Gasteiger partial charge in [0.15, 0.2) is 0 Å². The smallest absolute Gasteiger partial charge is 0.272 e. The number of aromatic nitrogens is 2. The number of amides is 2. The summed E-state index contributed by atoms with van der Waals surface area (Å²) in [6.45, 7) is 7.60. The van der Waals surface area contributed by atoms with Crippen LogP contribution in [0.25, 0.3) is 5.65 Å². The number of aryl methyl sites for hydroxylation is 2. The minimum absolute atomic E-state index is 0.0254. The maximum Gasteiger partial charge on any atom is 0.272 e. The second-order valence-corrected chi connectivity index (χ2v) is 8.64. The molecule has 2 aliphatic heterocycles. The van der Waals surface area contributed by atoms with E-state index in [0.29, 0.717) is 31.2 Å². The van der Waals surface area contributed by atoms with E-state index in [4.69, 9.17) is 0 Å². The highest BCUT2D eigenvalue weighted by molar-refractivity contribution is 5.95. The first-order valence-corrected chi connectivity index (χ1v) is 10.5. The van der Waals surface area contributed by atoms with Gasteiger partial charge in [-0.2, -0.15) is 0 Å². The number of hydrogen-bond acceptors (Lipinski definition) is 3. The predicted molar refractivity (Wildman–Crippen MR) is 114 cm³/mol. The monoisotopic (exact) mass is 402 g/mol. The second-order valence-electron chi connectivity index (χ2n) is 8.64. The first-order valence-electron chi connectivity index (χ1n) is 10.5. The van der Waals surface area contributed by atoms with Gasteiger partial charge in [-0.1, -0.05) is 30.3 Å². The van der Waals surface area contributed by atoms with E-state index in [2.05, 4.69) is 17.1 Å². The molecule has 0 spiro atoms. The Hall–Kier alpha value is -3.15. The van der Waals surface area contributed by atoms with Crippen LogP contribution in [0.15, 0.2) is 48.7 Å². The predicted octanol–water partition coefficient (Wildman–Crippen LogP) is 3.24. The molecule has 0 N–H and O–H groups in total. The minimum Gasteiger partial charge on any atom is -0.337 e. The summed E-state index contributed by atoms with van der Waals surface area (Å²) in [7, 11) is 0. The summed E-state index contributed by atoms with van der Waals surface area (Å²) in [6, 6.07) is 14.2. The molecule has 6 heteroatoms. The van der Waals surface area contributed by atoms with Crippen molar-refractivity contribution in [1.82, 2.24) is 19.2 Å². The SMILES string of the molecule is CC(=O)N1C[C@H]2CN(C(=O)c3c(C)nc4cc(C)ccn34)C[C@H]2[C@H]1c1ccccc1. The molecule has 3 aromatic rings. The molecule has 1 aromatic carbocycles. The Morgan fingerprint density at radius 2 is 1.80 bits per heavy atom. The molecule has 2 saturated heterocycles. The summed E-state index contributed by atoms with van der Waals surface area (Å²) in [5, 5.41) is 0. The normalized spacial score (nSPS) is 23.2. The molecule has 0 saturated carbocycles. The molecular weight excluding hydrogens is 376 g/mol. The largest absolute Gasteiger partial charge is 0.337 e. The van der Waals surface area contributed by atoms with E-state index < -0.39 is 0 Å². The Balaban J connectivity index is 1.45. The Morgan fingerprint density at radius 3 is 2.53 bits per heavy atom. The molecule has 2 fully saturated rings. The number of carbonyl (C=O) groups is 2. The second kappa shape index (κ2) is 6.97. The van der Waals surface area contributed by atoms with Crippen molar-refractivity contribution in [3.63, 3.8) is 0 Å². The summed E-state index contributed by atoms with van der Waals surface area (Å²) in [4.78, 5) is 34.4. The Kier molecular flexibility index (Phi) is 4.38. The van der Waals surface area contributed by atoms with Crippen molar-refractivity contribution in [3.05, 3.63) is 71.2 Å². The zero-order chi connectivity index (χ0) is 21.0. The fraction of sp³-hybridized carbons (Fsp3) is 0.375. The number of rotatable bonds is 2. The van der Waals surface area contributed by atoms with E-state index in [0.717, 1.165) is 22.5 Å². The number of fused-ring (bicyclic) bond motifs is 2. The number of imidazole rings is 1. The lowest BCUT2D eigenvalue weighted by molar-refractivity contribution is -0.130. The molecule has 6 nitrogen and oxygen atoms in total. The van der Waals surface area contributed by atoms with Crippen molar-refractivity contribution in [2.75, 3.05) is 19.6 Å². The minimum atomic E-state index is 0.0254. The van der Waals surface area contributed by atoms with Crippen LogP contribution in [0.3, 0.4) is 0 Å². The fourth-order valence-electron chi connectivity index (χ4n) is 5.28. The number of benzene rings is 1. The van der Waals surface area contributed by atoms with Crippen molar-refractivity contribution < 1.29 is 9.59 Å². The van der Waals surface area contributed by atoms with Gasteiger partial charge in [0.1, 0.15) is 11.3 Å². The molecular formula is C24H26N4O2. The number of nitrogens with zero attached hydrogens (tertiary/aromatic N) is 4. The highest BCUT2D eigenvalue weighted by atomic mass is 16.2. The van der Waals surface area contributed by atoms with Crippen molar-refractivity contribution in [2.45, 2.75) is 26.8 Å².